The van der Waals surface area contributed by atoms with Crippen molar-refractivity contribution in [2.24, 2.45) is 0 Å². The Morgan fingerprint density at radius 1 is 1.16 bits per heavy atom. The van der Waals surface area contributed by atoms with Crippen molar-refractivity contribution < 1.29 is 23.4 Å². The number of benzene rings is 2. The summed E-state index contributed by atoms with van der Waals surface area (Å²) in [5.74, 6) is 1.75. The molecule has 10 nitrogen and oxygen atoms in total. The summed E-state index contributed by atoms with van der Waals surface area (Å²) in [5, 5.41) is 2.97. The lowest BCUT2D eigenvalue weighted by atomic mass is 10.0. The van der Waals surface area contributed by atoms with Gasteiger partial charge in [-0.2, -0.15) is 0 Å². The Balaban J connectivity index is 1.26. The van der Waals surface area contributed by atoms with Gasteiger partial charge in [-0.05, 0) is 37.1 Å². The van der Waals surface area contributed by atoms with E-state index in [0.29, 0.717) is 55.1 Å². The van der Waals surface area contributed by atoms with Crippen LogP contribution in [-0.2, 0) is 0 Å². The molecule has 190 valence electrons. The summed E-state index contributed by atoms with van der Waals surface area (Å²) >= 11 is 0. The number of nitrogens with one attached hydrogen (secondary N) is 1. The number of likely N-dealkylation sites (tertiary alicyclic amines) is 1. The van der Waals surface area contributed by atoms with E-state index in [1.54, 1.807) is 23.1 Å². The predicted octanol–water partition coefficient (Wildman–Crippen LogP) is 4.78. The Bertz CT molecular complexity index is 1340. The molecule has 0 bridgehead atoms. The minimum Gasteiger partial charge on any atom is -0.493 e. The highest BCUT2D eigenvalue weighted by Gasteiger charge is 2.33. The smallest absolute Gasteiger partial charge is 0.415 e. The van der Waals surface area contributed by atoms with Crippen LogP contribution >= 0.6 is 0 Å². The third-order valence-corrected chi connectivity index (χ3v) is 6.40. The number of para-hydroxylation sites is 2. The van der Waals surface area contributed by atoms with Crippen molar-refractivity contribution in [3.63, 3.8) is 0 Å². The number of anilines is 3. The van der Waals surface area contributed by atoms with Crippen LogP contribution in [0.25, 0.3) is 4.85 Å². The molecule has 2 aliphatic heterocycles. The Labute approximate surface area is 213 Å². The minimum absolute atomic E-state index is 0.135. The average molecular weight is 505 g/mol. The highest BCUT2D eigenvalue weighted by molar-refractivity contribution is 5.73. The van der Waals surface area contributed by atoms with Crippen LogP contribution in [0.1, 0.15) is 12.8 Å². The van der Waals surface area contributed by atoms with E-state index in [1.165, 1.54) is 31.6 Å². The number of methoxy groups -OCH3 is 1. The molecule has 5 rings (SSSR count). The molecule has 0 spiro atoms. The van der Waals surface area contributed by atoms with E-state index < -0.39 is 11.9 Å². The first-order valence-corrected chi connectivity index (χ1v) is 11.9. The Morgan fingerprint density at radius 2 is 1.95 bits per heavy atom. The molecule has 0 saturated carbocycles. The molecular formula is C26H25FN6O4. The average Bonchev–Trinajstić information content (AvgIpc) is 2.94. The van der Waals surface area contributed by atoms with Crippen LogP contribution < -0.4 is 24.4 Å². The van der Waals surface area contributed by atoms with Crippen molar-refractivity contribution in [3.8, 4) is 17.2 Å². The van der Waals surface area contributed by atoms with Gasteiger partial charge < -0.3 is 29.3 Å². The quantitative estimate of drug-likeness (QED) is 0.497. The van der Waals surface area contributed by atoms with Crippen LogP contribution in [0, 0.1) is 12.4 Å². The molecule has 3 aromatic rings. The van der Waals surface area contributed by atoms with Gasteiger partial charge >= 0.3 is 6.09 Å². The summed E-state index contributed by atoms with van der Waals surface area (Å²) in [6.45, 7) is 9.15. The van der Waals surface area contributed by atoms with Crippen LogP contribution in [0.5, 0.6) is 17.2 Å². The Hall–Kier alpha value is -4.59. The molecule has 1 saturated heterocycles. The lowest BCUT2D eigenvalue weighted by Gasteiger charge is -2.41. The number of rotatable bonds is 5. The van der Waals surface area contributed by atoms with Gasteiger partial charge in [0.1, 0.15) is 18.8 Å². The standard InChI is InChI=1S/C26H25FN6O4/c1-28-17-7-8-20(19(27)15-17)31-24-23-25(30-16-29-24)33(13-14-36-23)18-9-11-32(12-10-18)26(34)37-22-6-4-3-5-21(22)35-2/h3-8,15-16,18H,9-14H2,2H3,(H,29,30,31). The first-order valence-electron chi connectivity index (χ1n) is 11.9. The molecule has 2 aliphatic rings. The lowest BCUT2D eigenvalue weighted by Crippen LogP contribution is -2.50. The number of carbonyl (C=O) groups is 1. The fraction of sp³-hybridized carbons (Fsp3) is 0.308. The summed E-state index contributed by atoms with van der Waals surface area (Å²) < 4.78 is 31.2. The van der Waals surface area contributed by atoms with Gasteiger partial charge in [0.05, 0.1) is 25.9 Å². The molecule has 1 fully saturated rings. The van der Waals surface area contributed by atoms with Gasteiger partial charge in [-0.15, -0.1) is 0 Å². The zero-order chi connectivity index (χ0) is 25.8. The number of halogens is 1. The number of hydrogen-bond donors (Lipinski definition) is 1. The van der Waals surface area contributed by atoms with Gasteiger partial charge in [0.2, 0.25) is 5.75 Å². The summed E-state index contributed by atoms with van der Waals surface area (Å²) in [6.07, 6.45) is 2.44. The van der Waals surface area contributed by atoms with Gasteiger partial charge in [0.15, 0.2) is 28.8 Å². The number of ether oxygens (including phenoxy) is 3. The van der Waals surface area contributed by atoms with Crippen molar-refractivity contribution in [1.29, 1.82) is 0 Å². The van der Waals surface area contributed by atoms with Gasteiger partial charge in [-0.25, -0.2) is 24.0 Å². The summed E-state index contributed by atoms with van der Waals surface area (Å²) in [6, 6.07) is 11.4. The molecule has 0 aliphatic carbocycles. The van der Waals surface area contributed by atoms with Crippen molar-refractivity contribution in [2.45, 2.75) is 18.9 Å². The van der Waals surface area contributed by atoms with Gasteiger partial charge in [0.25, 0.3) is 0 Å². The molecule has 0 unspecified atom stereocenters. The number of fused-ring (bicyclic) bond motifs is 1. The van der Waals surface area contributed by atoms with E-state index in [2.05, 4.69) is 25.0 Å². The molecule has 2 aromatic carbocycles. The predicted molar refractivity (Wildman–Crippen MR) is 134 cm³/mol. The van der Waals surface area contributed by atoms with Gasteiger partial charge in [-0.1, -0.05) is 18.2 Å². The van der Waals surface area contributed by atoms with E-state index in [0.717, 1.165) is 12.8 Å². The zero-order valence-corrected chi connectivity index (χ0v) is 20.2. The topological polar surface area (TPSA) is 93.4 Å². The second-order valence-electron chi connectivity index (χ2n) is 8.55. The van der Waals surface area contributed by atoms with Crippen LogP contribution in [0.3, 0.4) is 0 Å². The largest absolute Gasteiger partial charge is 0.493 e. The Kier molecular flexibility index (Phi) is 6.89. The normalized spacial score (nSPS) is 15.3. The Morgan fingerprint density at radius 3 is 2.68 bits per heavy atom. The molecule has 1 aromatic heterocycles. The SMILES string of the molecule is [C-]#[N+]c1ccc(Nc2ncnc3c2OCCN3C2CCN(C(=O)Oc3ccccc3OC)CC2)c(F)c1. The fourth-order valence-electron chi connectivity index (χ4n) is 4.52. The summed E-state index contributed by atoms with van der Waals surface area (Å²) in [4.78, 5) is 28.5. The van der Waals surface area contributed by atoms with Crippen LogP contribution in [0.4, 0.5) is 32.2 Å². The number of hydrogen-bond acceptors (Lipinski definition) is 8. The third-order valence-electron chi connectivity index (χ3n) is 6.40. The molecule has 1 N–H and O–H groups in total. The van der Waals surface area contributed by atoms with Crippen molar-refractivity contribution in [3.05, 3.63) is 66.0 Å². The van der Waals surface area contributed by atoms with Gasteiger partial charge in [0, 0.05) is 19.1 Å². The fourth-order valence-corrected chi connectivity index (χ4v) is 4.52. The first kappa shape index (κ1) is 24.1. The first-order chi connectivity index (χ1) is 18.1. The van der Waals surface area contributed by atoms with Crippen molar-refractivity contribution >= 4 is 29.1 Å². The van der Waals surface area contributed by atoms with Crippen molar-refractivity contribution in [2.75, 3.05) is 43.6 Å². The number of carbonyl (C=O) groups excluding carboxylic acids is 1. The molecule has 0 atom stereocenters. The second-order valence-corrected chi connectivity index (χ2v) is 8.55. The van der Waals surface area contributed by atoms with Crippen LogP contribution in [0.15, 0.2) is 48.8 Å². The number of nitrogens with zero attached hydrogens (tertiary/aromatic N) is 5. The second kappa shape index (κ2) is 10.6. The molecule has 11 heteroatoms. The van der Waals surface area contributed by atoms with Gasteiger partial charge in [-0.3, -0.25) is 0 Å². The lowest BCUT2D eigenvalue weighted by molar-refractivity contribution is 0.135. The maximum atomic E-state index is 14.5. The van der Waals surface area contributed by atoms with E-state index in [9.17, 15) is 9.18 Å². The monoisotopic (exact) mass is 504 g/mol. The summed E-state index contributed by atoms with van der Waals surface area (Å²) in [7, 11) is 1.53. The highest BCUT2D eigenvalue weighted by Crippen LogP contribution is 2.39. The molecule has 3 heterocycles. The molecule has 0 radical (unpaired) electrons. The maximum absolute atomic E-state index is 14.5. The van der Waals surface area contributed by atoms with E-state index in [1.807, 2.05) is 6.07 Å². The van der Waals surface area contributed by atoms with Crippen LogP contribution in [-0.4, -0.2) is 60.4 Å². The molecule has 37 heavy (non-hydrogen) atoms. The third kappa shape index (κ3) is 5.04. The van der Waals surface area contributed by atoms with Crippen LogP contribution in [0.2, 0.25) is 0 Å². The van der Waals surface area contributed by atoms with E-state index >= 15 is 0 Å². The summed E-state index contributed by atoms with van der Waals surface area (Å²) in [5.41, 5.74) is 0.407. The number of aromatic nitrogens is 2. The molecule has 1 amide bonds. The zero-order valence-electron chi connectivity index (χ0n) is 20.2. The maximum Gasteiger partial charge on any atom is 0.415 e. The molecular weight excluding hydrogens is 479 g/mol. The van der Waals surface area contributed by atoms with E-state index in [-0.39, 0.29) is 17.4 Å². The highest BCUT2D eigenvalue weighted by atomic mass is 19.1. The number of piperidine rings is 1. The van der Waals surface area contributed by atoms with E-state index in [4.69, 9.17) is 20.8 Å². The number of amides is 1. The minimum atomic E-state index is -0.555. The van der Waals surface area contributed by atoms with Crippen molar-refractivity contribution in [1.82, 2.24) is 14.9 Å².